The lowest BCUT2D eigenvalue weighted by atomic mass is 9.55. The van der Waals surface area contributed by atoms with Gasteiger partial charge in [-0.05, 0) is 39.5 Å². The number of ether oxygens (including phenoxy) is 4. The fourth-order valence-electron chi connectivity index (χ4n) is 6.59. The number of aldehydes is 1. The maximum atomic E-state index is 12.7. The Balaban J connectivity index is 2.78. The minimum atomic E-state index is -1.77. The first-order chi connectivity index (χ1) is 17.6. The van der Waals surface area contributed by atoms with Crippen molar-refractivity contribution in [1.82, 2.24) is 0 Å². The van der Waals surface area contributed by atoms with E-state index in [1.807, 2.05) is 20.8 Å². The molecule has 0 unspecified atom stereocenters. The Morgan fingerprint density at radius 1 is 1.11 bits per heavy atom. The van der Waals surface area contributed by atoms with Gasteiger partial charge in [-0.1, -0.05) is 20.8 Å². The van der Waals surface area contributed by atoms with E-state index in [2.05, 4.69) is 0 Å². The van der Waals surface area contributed by atoms with Gasteiger partial charge in [0.1, 0.15) is 35.5 Å². The Morgan fingerprint density at radius 3 is 2.18 bits per heavy atom. The number of ketones is 1. The van der Waals surface area contributed by atoms with E-state index in [0.717, 1.165) is 6.29 Å². The zero-order valence-corrected chi connectivity index (χ0v) is 23.9. The smallest absolute Gasteiger partial charge is 0.306 e. The molecule has 1 N–H and O–H groups in total. The molecule has 0 aromatic carbocycles. The highest BCUT2D eigenvalue weighted by atomic mass is 16.6. The zero-order chi connectivity index (χ0) is 29.0. The van der Waals surface area contributed by atoms with Gasteiger partial charge in [-0.3, -0.25) is 19.2 Å². The monoisotopic (exact) mass is 540 g/mol. The van der Waals surface area contributed by atoms with Crippen molar-refractivity contribution in [1.29, 1.82) is 0 Å². The van der Waals surface area contributed by atoms with Crippen molar-refractivity contribution in [3.63, 3.8) is 0 Å². The number of rotatable bonds is 12. The average Bonchev–Trinajstić information content (AvgIpc) is 3.14. The van der Waals surface area contributed by atoms with Gasteiger partial charge in [0.2, 0.25) is 0 Å². The van der Waals surface area contributed by atoms with Crippen molar-refractivity contribution in [2.24, 2.45) is 23.7 Å². The van der Waals surface area contributed by atoms with Gasteiger partial charge in [-0.25, -0.2) is 0 Å². The molecule has 2 fully saturated rings. The molecule has 216 valence electrons. The van der Waals surface area contributed by atoms with Crippen LogP contribution in [0, 0.1) is 23.7 Å². The van der Waals surface area contributed by atoms with Crippen LogP contribution in [0.5, 0.6) is 0 Å². The van der Waals surface area contributed by atoms with Crippen LogP contribution in [0.4, 0.5) is 0 Å². The fourth-order valence-corrected chi connectivity index (χ4v) is 6.59. The maximum absolute atomic E-state index is 12.7. The lowest BCUT2D eigenvalue weighted by Gasteiger charge is -2.54. The second-order valence-electron chi connectivity index (χ2n) is 11.5. The van der Waals surface area contributed by atoms with Crippen LogP contribution >= 0.6 is 0 Å². The van der Waals surface area contributed by atoms with Gasteiger partial charge in [0.15, 0.2) is 6.10 Å². The molecule has 1 aliphatic carbocycles. The number of fused-ring (bicyclic) bond motifs is 1. The molecule has 1 saturated heterocycles. The third kappa shape index (κ3) is 6.81. The van der Waals surface area contributed by atoms with Crippen LogP contribution in [-0.2, 0) is 42.9 Å². The topological polar surface area (TPSA) is 143 Å². The van der Waals surface area contributed by atoms with Gasteiger partial charge in [-0.15, -0.1) is 0 Å². The minimum absolute atomic E-state index is 0.0314. The Hall–Kier alpha value is -2.33. The van der Waals surface area contributed by atoms with Crippen molar-refractivity contribution in [2.75, 3.05) is 0 Å². The molecule has 38 heavy (non-hydrogen) atoms. The molecule has 10 nitrogen and oxygen atoms in total. The summed E-state index contributed by atoms with van der Waals surface area (Å²) in [6.07, 6.45) is -2.20. The van der Waals surface area contributed by atoms with Crippen molar-refractivity contribution in [3.05, 3.63) is 0 Å². The average molecular weight is 541 g/mol. The second-order valence-corrected chi connectivity index (χ2v) is 11.5. The van der Waals surface area contributed by atoms with Gasteiger partial charge >= 0.3 is 17.9 Å². The molecule has 0 bridgehead atoms. The summed E-state index contributed by atoms with van der Waals surface area (Å²) >= 11 is 0. The normalized spacial score (nSPS) is 34.1. The summed E-state index contributed by atoms with van der Waals surface area (Å²) in [6.45, 7) is 12.8. The first-order valence-corrected chi connectivity index (χ1v) is 13.5. The lowest BCUT2D eigenvalue weighted by Crippen LogP contribution is -2.68. The first kappa shape index (κ1) is 31.9. The van der Waals surface area contributed by atoms with E-state index in [1.54, 1.807) is 6.92 Å². The summed E-state index contributed by atoms with van der Waals surface area (Å²) in [7, 11) is 0. The van der Waals surface area contributed by atoms with E-state index in [9.17, 15) is 29.1 Å². The predicted molar refractivity (Wildman–Crippen MR) is 136 cm³/mol. The molecule has 0 aromatic rings. The molecule has 1 saturated carbocycles. The van der Waals surface area contributed by atoms with Gasteiger partial charge in [0, 0.05) is 50.9 Å². The van der Waals surface area contributed by atoms with Crippen molar-refractivity contribution >= 4 is 30.0 Å². The highest BCUT2D eigenvalue weighted by Crippen LogP contribution is 2.57. The Morgan fingerprint density at radius 2 is 1.71 bits per heavy atom. The molecule has 1 heterocycles. The number of aliphatic hydroxyl groups is 1. The van der Waals surface area contributed by atoms with Gasteiger partial charge in [0.05, 0.1) is 6.10 Å². The van der Waals surface area contributed by atoms with Crippen LogP contribution in [0.15, 0.2) is 0 Å². The van der Waals surface area contributed by atoms with Gasteiger partial charge in [0.25, 0.3) is 0 Å². The molecular formula is C28H44O10. The van der Waals surface area contributed by atoms with E-state index in [0.29, 0.717) is 6.42 Å². The zero-order valence-electron chi connectivity index (χ0n) is 23.9. The van der Waals surface area contributed by atoms with Crippen LogP contribution in [0.2, 0.25) is 0 Å². The summed E-state index contributed by atoms with van der Waals surface area (Å²) < 4.78 is 23.9. The summed E-state index contributed by atoms with van der Waals surface area (Å²) in [6, 6.07) is 0. The molecule has 1 aliphatic heterocycles. The van der Waals surface area contributed by atoms with E-state index in [4.69, 9.17) is 18.9 Å². The summed E-state index contributed by atoms with van der Waals surface area (Å²) in [4.78, 5) is 60.8. The number of esters is 3. The maximum Gasteiger partial charge on any atom is 0.306 e. The van der Waals surface area contributed by atoms with Crippen LogP contribution in [0.3, 0.4) is 0 Å². The number of carbonyl (C=O) groups is 5. The van der Waals surface area contributed by atoms with Crippen molar-refractivity contribution < 1.29 is 48.0 Å². The van der Waals surface area contributed by atoms with Gasteiger partial charge in [-0.2, -0.15) is 0 Å². The third-order valence-electron chi connectivity index (χ3n) is 7.87. The SMILES string of the molecule is CCCC(=O)O[C@](C)(CCC=O)[C@@H]1O[C@H](CC(C)=O)[C@@H]2[C@H]1[C@@H](C(C)C)[C@H](OC(C)=O)[C@@H](OC(C)=O)[C@@]2(C)O. The quantitative estimate of drug-likeness (QED) is 0.223. The van der Waals surface area contributed by atoms with Crippen molar-refractivity contribution in [2.45, 2.75) is 123 Å². The fraction of sp³-hybridized carbons (Fsp3) is 0.821. The number of hydrogen-bond acceptors (Lipinski definition) is 10. The Labute approximate surface area is 225 Å². The molecule has 0 aromatic heterocycles. The van der Waals surface area contributed by atoms with Crippen LogP contribution in [-0.4, -0.2) is 70.7 Å². The van der Waals surface area contributed by atoms with E-state index in [-0.39, 0.29) is 37.4 Å². The van der Waals surface area contributed by atoms with E-state index >= 15 is 0 Å². The molecular weight excluding hydrogens is 496 g/mol. The largest absolute Gasteiger partial charge is 0.458 e. The van der Waals surface area contributed by atoms with Gasteiger partial charge < -0.3 is 28.8 Å². The molecule has 2 aliphatic rings. The predicted octanol–water partition coefficient (Wildman–Crippen LogP) is 2.95. The molecule has 0 amide bonds. The molecule has 0 radical (unpaired) electrons. The van der Waals surface area contributed by atoms with Crippen LogP contribution in [0.1, 0.15) is 87.5 Å². The summed E-state index contributed by atoms with van der Waals surface area (Å²) in [5.41, 5.74) is -3.05. The Bertz CT molecular complexity index is 896. The standard InChI is InChI=1S/C28H44O10/c1-9-11-20(33)38-27(7,12-10-13-29)25-22-21(15(2)3)24(35-17(5)31)26(36-18(6)32)28(8,34)23(22)19(37-25)14-16(4)30/h13,15,19,21-26,34H,9-12,14H2,1-8H3/t19-,21-,22-,23-,24+,25-,26-,27-,28+/m1/s1. The summed E-state index contributed by atoms with van der Waals surface area (Å²) in [5, 5.41) is 12.0. The second kappa shape index (κ2) is 12.7. The highest BCUT2D eigenvalue weighted by Gasteiger charge is 2.69. The van der Waals surface area contributed by atoms with E-state index < -0.39 is 71.3 Å². The summed E-state index contributed by atoms with van der Waals surface area (Å²) in [5.74, 6) is -3.86. The number of hydrogen-bond donors (Lipinski definition) is 1. The molecule has 9 atom stereocenters. The Kier molecular flexibility index (Phi) is 10.6. The van der Waals surface area contributed by atoms with Crippen LogP contribution in [0.25, 0.3) is 0 Å². The molecule has 10 heteroatoms. The highest BCUT2D eigenvalue weighted by molar-refractivity contribution is 5.76. The first-order valence-electron chi connectivity index (χ1n) is 13.5. The number of Topliss-reactive ketones (excluding diaryl/α,β-unsaturated/α-hetero) is 1. The minimum Gasteiger partial charge on any atom is -0.458 e. The van der Waals surface area contributed by atoms with Crippen molar-refractivity contribution in [3.8, 4) is 0 Å². The number of carbonyl (C=O) groups excluding carboxylic acids is 5. The molecule has 2 rings (SSSR count). The molecule has 0 spiro atoms. The third-order valence-corrected chi connectivity index (χ3v) is 7.87. The van der Waals surface area contributed by atoms with Crippen LogP contribution < -0.4 is 0 Å². The van der Waals surface area contributed by atoms with E-state index in [1.165, 1.54) is 27.7 Å². The lowest BCUT2D eigenvalue weighted by molar-refractivity contribution is -0.240.